The highest BCUT2D eigenvalue weighted by Gasteiger charge is 2.34. The average Bonchev–Trinajstić information content (AvgIpc) is 3.45. The smallest absolute Gasteiger partial charge is 0.264 e. The lowest BCUT2D eigenvalue weighted by molar-refractivity contribution is -0.139. The molecular formula is C30H33ClFN3O4S. The van der Waals surface area contributed by atoms with Crippen LogP contribution in [0.1, 0.15) is 43.7 Å². The van der Waals surface area contributed by atoms with Crippen LogP contribution in [0.4, 0.5) is 10.1 Å². The van der Waals surface area contributed by atoms with Crippen LogP contribution in [-0.2, 0) is 26.2 Å². The third-order valence-corrected chi connectivity index (χ3v) is 9.23. The Balaban J connectivity index is 1.72. The lowest BCUT2D eigenvalue weighted by Gasteiger charge is -2.33. The monoisotopic (exact) mass is 585 g/mol. The second kappa shape index (κ2) is 12.8. The Hall–Kier alpha value is -3.43. The molecule has 0 saturated heterocycles. The molecule has 7 nitrogen and oxygen atoms in total. The van der Waals surface area contributed by atoms with Gasteiger partial charge in [0.25, 0.3) is 10.0 Å². The van der Waals surface area contributed by atoms with Gasteiger partial charge in [-0.1, -0.05) is 66.9 Å². The Morgan fingerprint density at radius 2 is 1.68 bits per heavy atom. The lowest BCUT2D eigenvalue weighted by atomic mass is 10.1. The van der Waals surface area contributed by atoms with Crippen LogP contribution in [0.5, 0.6) is 0 Å². The molecule has 1 aliphatic carbocycles. The number of carbonyl (C=O) groups excluding carboxylic acids is 2. The molecule has 1 N–H and O–H groups in total. The Bertz CT molecular complexity index is 1460. The van der Waals surface area contributed by atoms with Crippen LogP contribution >= 0.6 is 11.6 Å². The summed E-state index contributed by atoms with van der Waals surface area (Å²) in [7, 11) is -4.22. The fourth-order valence-corrected chi connectivity index (χ4v) is 6.53. The first-order valence-corrected chi connectivity index (χ1v) is 15.1. The zero-order valence-electron chi connectivity index (χ0n) is 22.5. The van der Waals surface area contributed by atoms with Gasteiger partial charge in [0.05, 0.1) is 10.6 Å². The van der Waals surface area contributed by atoms with Crippen LogP contribution in [0, 0.1) is 12.7 Å². The summed E-state index contributed by atoms with van der Waals surface area (Å²) in [5.41, 5.74) is 1.04. The molecule has 212 valence electrons. The summed E-state index contributed by atoms with van der Waals surface area (Å²) in [5, 5.41) is 3.30. The Labute approximate surface area is 240 Å². The molecule has 0 radical (unpaired) electrons. The molecule has 3 aromatic rings. The number of hydrogen-bond donors (Lipinski definition) is 1. The highest BCUT2D eigenvalue weighted by atomic mass is 35.5. The standard InChI is InChI=1S/C30H33ClFN3O4S/c1-21-16-17-24(31)18-28(21)35(40(38,39)26-13-4-3-5-14-26)20-29(36)34(19-23-10-6-9-15-27(23)32)22(2)30(37)33-25-11-7-8-12-25/h3-6,9-10,13-18,22,25H,7-8,11-12,19-20H2,1-2H3,(H,33,37). The van der Waals surface area contributed by atoms with E-state index in [0.717, 1.165) is 30.0 Å². The maximum absolute atomic E-state index is 14.7. The van der Waals surface area contributed by atoms with Gasteiger partial charge in [0.15, 0.2) is 0 Å². The van der Waals surface area contributed by atoms with E-state index in [0.29, 0.717) is 10.6 Å². The molecular weight excluding hydrogens is 553 g/mol. The van der Waals surface area contributed by atoms with E-state index in [1.54, 1.807) is 50.2 Å². The molecule has 0 aromatic heterocycles. The minimum Gasteiger partial charge on any atom is -0.352 e. The first kappa shape index (κ1) is 29.6. The third kappa shape index (κ3) is 6.82. The van der Waals surface area contributed by atoms with E-state index < -0.39 is 34.3 Å². The van der Waals surface area contributed by atoms with Crippen LogP contribution in [0.2, 0.25) is 5.02 Å². The molecule has 1 fully saturated rings. The maximum Gasteiger partial charge on any atom is 0.264 e. The molecule has 0 bridgehead atoms. The van der Waals surface area contributed by atoms with E-state index in [9.17, 15) is 22.4 Å². The van der Waals surface area contributed by atoms with Crippen molar-refractivity contribution in [3.8, 4) is 0 Å². The van der Waals surface area contributed by atoms with E-state index in [1.807, 2.05) is 0 Å². The SMILES string of the molecule is Cc1ccc(Cl)cc1N(CC(=O)N(Cc1ccccc1F)C(C)C(=O)NC1CCCC1)S(=O)(=O)c1ccccc1. The summed E-state index contributed by atoms with van der Waals surface area (Å²) in [6, 6.07) is 17.6. The van der Waals surface area contributed by atoms with Crippen LogP contribution < -0.4 is 9.62 Å². The number of rotatable bonds is 10. The minimum atomic E-state index is -4.22. The largest absolute Gasteiger partial charge is 0.352 e. The average molecular weight is 586 g/mol. The van der Waals surface area contributed by atoms with Gasteiger partial charge in [-0.15, -0.1) is 0 Å². The zero-order chi connectivity index (χ0) is 28.9. The van der Waals surface area contributed by atoms with Gasteiger partial charge in [-0.2, -0.15) is 0 Å². The third-order valence-electron chi connectivity index (χ3n) is 7.22. The number of amides is 2. The van der Waals surface area contributed by atoms with E-state index in [2.05, 4.69) is 5.32 Å². The second-order valence-electron chi connectivity index (χ2n) is 10.0. The van der Waals surface area contributed by atoms with Gasteiger partial charge < -0.3 is 10.2 Å². The molecule has 10 heteroatoms. The van der Waals surface area contributed by atoms with Crippen LogP contribution in [-0.4, -0.2) is 43.8 Å². The van der Waals surface area contributed by atoms with Gasteiger partial charge in [-0.25, -0.2) is 12.8 Å². The molecule has 3 aromatic carbocycles. The molecule has 1 atom stereocenters. The Morgan fingerprint density at radius 3 is 2.35 bits per heavy atom. The second-order valence-corrected chi connectivity index (χ2v) is 12.3. The summed E-state index contributed by atoms with van der Waals surface area (Å²) in [5.74, 6) is -1.55. The van der Waals surface area contributed by atoms with Gasteiger partial charge in [-0.3, -0.25) is 13.9 Å². The number of benzene rings is 3. The van der Waals surface area contributed by atoms with Crippen molar-refractivity contribution < 1.29 is 22.4 Å². The highest BCUT2D eigenvalue weighted by molar-refractivity contribution is 7.92. The van der Waals surface area contributed by atoms with E-state index in [1.165, 1.54) is 41.3 Å². The van der Waals surface area contributed by atoms with Crippen molar-refractivity contribution in [2.75, 3.05) is 10.8 Å². The highest BCUT2D eigenvalue weighted by Crippen LogP contribution is 2.30. The van der Waals surface area contributed by atoms with Crippen molar-refractivity contribution in [1.29, 1.82) is 0 Å². The predicted molar refractivity (Wildman–Crippen MR) is 154 cm³/mol. The number of nitrogens with zero attached hydrogens (tertiary/aromatic N) is 2. The van der Waals surface area contributed by atoms with E-state index >= 15 is 0 Å². The molecule has 1 aliphatic rings. The predicted octanol–water partition coefficient (Wildman–Crippen LogP) is 5.46. The molecule has 2 amide bonds. The molecule has 0 spiro atoms. The van der Waals surface area contributed by atoms with Gasteiger partial charge >= 0.3 is 0 Å². The van der Waals surface area contributed by atoms with Crippen molar-refractivity contribution in [2.45, 2.75) is 63.1 Å². The minimum absolute atomic E-state index is 0.00476. The van der Waals surface area contributed by atoms with Crippen molar-refractivity contribution in [3.63, 3.8) is 0 Å². The van der Waals surface area contributed by atoms with Crippen molar-refractivity contribution in [2.24, 2.45) is 0 Å². The quantitative estimate of drug-likeness (QED) is 0.342. The number of anilines is 1. The van der Waals surface area contributed by atoms with Gasteiger partial charge in [0.2, 0.25) is 11.8 Å². The molecule has 1 saturated carbocycles. The zero-order valence-corrected chi connectivity index (χ0v) is 24.1. The molecule has 40 heavy (non-hydrogen) atoms. The number of halogens is 2. The molecule has 1 unspecified atom stereocenters. The molecule has 4 rings (SSSR count). The summed E-state index contributed by atoms with van der Waals surface area (Å²) < 4.78 is 43.4. The normalized spacial score (nSPS) is 14.5. The van der Waals surface area contributed by atoms with Crippen LogP contribution in [0.15, 0.2) is 77.7 Å². The number of sulfonamides is 1. The summed E-state index contributed by atoms with van der Waals surface area (Å²) >= 11 is 6.24. The molecule has 0 heterocycles. The topological polar surface area (TPSA) is 86.8 Å². The Kier molecular flexibility index (Phi) is 9.48. The van der Waals surface area contributed by atoms with Crippen molar-refractivity contribution in [3.05, 3.63) is 94.8 Å². The van der Waals surface area contributed by atoms with Crippen molar-refractivity contribution in [1.82, 2.24) is 10.2 Å². The number of carbonyl (C=O) groups is 2. The lowest BCUT2D eigenvalue weighted by Crippen LogP contribution is -2.52. The summed E-state index contributed by atoms with van der Waals surface area (Å²) in [4.78, 5) is 28.5. The van der Waals surface area contributed by atoms with Gasteiger partial charge in [0.1, 0.15) is 18.4 Å². The van der Waals surface area contributed by atoms with Crippen LogP contribution in [0.3, 0.4) is 0 Å². The number of nitrogens with one attached hydrogen (secondary N) is 1. The van der Waals surface area contributed by atoms with Crippen LogP contribution in [0.25, 0.3) is 0 Å². The van der Waals surface area contributed by atoms with Gasteiger partial charge in [0, 0.05) is 23.2 Å². The number of hydrogen-bond acceptors (Lipinski definition) is 4. The first-order chi connectivity index (χ1) is 19.1. The van der Waals surface area contributed by atoms with Gasteiger partial charge in [-0.05, 0) is 62.6 Å². The maximum atomic E-state index is 14.7. The van der Waals surface area contributed by atoms with E-state index in [4.69, 9.17) is 11.6 Å². The summed E-state index contributed by atoms with van der Waals surface area (Å²) in [6.07, 6.45) is 3.75. The summed E-state index contributed by atoms with van der Waals surface area (Å²) in [6.45, 7) is 2.47. The molecule has 0 aliphatic heterocycles. The fourth-order valence-electron chi connectivity index (χ4n) is 4.87. The van der Waals surface area contributed by atoms with Crippen molar-refractivity contribution >= 4 is 39.1 Å². The fraction of sp³-hybridized carbons (Fsp3) is 0.333. The Morgan fingerprint density at radius 1 is 1.02 bits per heavy atom. The first-order valence-electron chi connectivity index (χ1n) is 13.2. The number of aryl methyl sites for hydroxylation is 1. The van der Waals surface area contributed by atoms with E-state index in [-0.39, 0.29) is 34.6 Å².